The van der Waals surface area contributed by atoms with Crippen molar-refractivity contribution >= 4 is 17.5 Å². The van der Waals surface area contributed by atoms with Gasteiger partial charge in [-0.25, -0.2) is 4.63 Å². The second-order valence-corrected chi connectivity index (χ2v) is 5.89. The molecule has 0 aliphatic carbocycles. The molecule has 0 aliphatic rings. The lowest BCUT2D eigenvalue weighted by atomic mass is 10.2. The molecule has 0 saturated carbocycles. The number of likely N-dealkylation sites (N-methyl/N-ethyl adjacent to an activating group) is 1. The van der Waals surface area contributed by atoms with Gasteiger partial charge in [0.25, 0.3) is 0 Å². The molecule has 0 spiro atoms. The van der Waals surface area contributed by atoms with Crippen LogP contribution in [0.25, 0.3) is 0 Å². The van der Waals surface area contributed by atoms with Gasteiger partial charge in [0, 0.05) is 6.54 Å². The Morgan fingerprint density at radius 3 is 2.44 bits per heavy atom. The van der Waals surface area contributed by atoms with Crippen molar-refractivity contribution in [2.45, 2.75) is 46.5 Å². The first kappa shape index (κ1) is 19.2. The lowest BCUT2D eigenvalue weighted by Crippen LogP contribution is -2.36. The SMILES string of the molecule is CCN(Cc1nonc1C)C(=O)[C@H](C)n1nc(C(F)(F)F)c(Cl)c1C. The third-order valence-electron chi connectivity index (χ3n) is 3.85. The zero-order chi connectivity index (χ0) is 18.9. The minimum absolute atomic E-state index is 0.0742. The van der Waals surface area contributed by atoms with E-state index in [1.54, 1.807) is 13.8 Å². The number of carbonyl (C=O) groups excluding carboxylic acids is 1. The van der Waals surface area contributed by atoms with Crippen LogP contribution in [0, 0.1) is 13.8 Å². The van der Waals surface area contributed by atoms with Gasteiger partial charge in [0.05, 0.1) is 17.3 Å². The molecule has 2 heterocycles. The van der Waals surface area contributed by atoms with Crippen LogP contribution in [-0.4, -0.2) is 37.4 Å². The van der Waals surface area contributed by atoms with Crippen LogP contribution in [0.1, 0.15) is 42.7 Å². The monoisotopic (exact) mass is 379 g/mol. The Morgan fingerprint density at radius 1 is 1.36 bits per heavy atom. The highest BCUT2D eigenvalue weighted by molar-refractivity contribution is 6.32. The van der Waals surface area contributed by atoms with E-state index in [1.807, 2.05) is 0 Å². The van der Waals surface area contributed by atoms with Crippen molar-refractivity contribution in [3.63, 3.8) is 0 Å². The van der Waals surface area contributed by atoms with Gasteiger partial charge in [0.2, 0.25) is 5.91 Å². The number of nitrogens with zero attached hydrogens (tertiary/aromatic N) is 5. The first-order valence-corrected chi connectivity index (χ1v) is 7.84. The minimum atomic E-state index is -4.69. The van der Waals surface area contributed by atoms with E-state index in [4.69, 9.17) is 11.6 Å². The fraction of sp³-hybridized carbons (Fsp3) is 0.571. The molecule has 0 N–H and O–H groups in total. The number of aromatic nitrogens is 4. The number of hydrogen-bond donors (Lipinski definition) is 0. The maximum Gasteiger partial charge on any atom is 0.436 e. The largest absolute Gasteiger partial charge is 0.436 e. The standard InChI is InChI=1S/C14H17ClF3N5O2/c1-5-22(6-10-7(2)20-25-21-10)13(24)9(4)23-8(3)11(15)12(19-23)14(16,17)18/h9H,5-6H2,1-4H3/t9-/m0/s1. The molecule has 2 rings (SSSR count). The number of aryl methyl sites for hydroxylation is 1. The average Bonchev–Trinajstić information content (AvgIpc) is 3.07. The van der Waals surface area contributed by atoms with E-state index in [9.17, 15) is 18.0 Å². The number of rotatable bonds is 5. The van der Waals surface area contributed by atoms with Crippen LogP contribution < -0.4 is 0 Å². The summed E-state index contributed by atoms with van der Waals surface area (Å²) in [6, 6.07) is -0.964. The molecule has 0 unspecified atom stereocenters. The zero-order valence-electron chi connectivity index (χ0n) is 14.1. The predicted molar refractivity (Wildman–Crippen MR) is 81.8 cm³/mol. The number of amides is 1. The fourth-order valence-electron chi connectivity index (χ4n) is 2.34. The quantitative estimate of drug-likeness (QED) is 0.797. The highest BCUT2D eigenvalue weighted by Crippen LogP contribution is 2.36. The fourth-order valence-corrected chi connectivity index (χ4v) is 2.58. The van der Waals surface area contributed by atoms with Crippen LogP contribution in [0.4, 0.5) is 13.2 Å². The Hall–Kier alpha value is -2.10. The van der Waals surface area contributed by atoms with Crippen molar-refractivity contribution in [2.75, 3.05) is 6.54 Å². The topological polar surface area (TPSA) is 77.0 Å². The summed E-state index contributed by atoms with van der Waals surface area (Å²) >= 11 is 5.74. The molecule has 2 aromatic rings. The summed E-state index contributed by atoms with van der Waals surface area (Å²) < 4.78 is 44.4. The van der Waals surface area contributed by atoms with Crippen LogP contribution in [0.2, 0.25) is 5.02 Å². The van der Waals surface area contributed by atoms with Crippen LogP contribution in [0.3, 0.4) is 0 Å². The summed E-state index contributed by atoms with van der Waals surface area (Å²) in [7, 11) is 0. The van der Waals surface area contributed by atoms with E-state index in [2.05, 4.69) is 20.0 Å². The molecule has 7 nitrogen and oxygen atoms in total. The van der Waals surface area contributed by atoms with Gasteiger partial charge < -0.3 is 4.90 Å². The molecule has 0 aromatic carbocycles. The molecular formula is C14H17ClF3N5O2. The molecule has 25 heavy (non-hydrogen) atoms. The molecule has 0 fully saturated rings. The van der Waals surface area contributed by atoms with E-state index in [0.717, 1.165) is 4.68 Å². The lowest BCUT2D eigenvalue weighted by Gasteiger charge is -2.24. The predicted octanol–water partition coefficient (Wildman–Crippen LogP) is 3.16. The maximum atomic E-state index is 12.9. The number of halogens is 4. The van der Waals surface area contributed by atoms with Crippen molar-refractivity contribution < 1.29 is 22.6 Å². The maximum absolute atomic E-state index is 12.9. The van der Waals surface area contributed by atoms with Crippen molar-refractivity contribution in [1.82, 2.24) is 25.0 Å². The Bertz CT molecular complexity index is 771. The molecule has 0 radical (unpaired) electrons. The molecule has 1 atom stereocenters. The van der Waals surface area contributed by atoms with Gasteiger partial charge in [0.1, 0.15) is 17.4 Å². The summed E-state index contributed by atoms with van der Waals surface area (Å²) in [6.07, 6.45) is -4.69. The lowest BCUT2D eigenvalue weighted by molar-refractivity contribution is -0.142. The van der Waals surface area contributed by atoms with E-state index in [0.29, 0.717) is 17.9 Å². The zero-order valence-corrected chi connectivity index (χ0v) is 14.8. The number of hydrogen-bond acceptors (Lipinski definition) is 5. The van der Waals surface area contributed by atoms with Crippen molar-refractivity contribution in [1.29, 1.82) is 0 Å². The van der Waals surface area contributed by atoms with Crippen LogP contribution in [0.15, 0.2) is 4.63 Å². The van der Waals surface area contributed by atoms with E-state index < -0.39 is 28.8 Å². The summed E-state index contributed by atoms with van der Waals surface area (Å²) in [5.41, 5.74) is -0.110. The van der Waals surface area contributed by atoms with Gasteiger partial charge in [-0.05, 0) is 27.7 Å². The third-order valence-corrected chi connectivity index (χ3v) is 4.30. The summed E-state index contributed by atoms with van der Waals surface area (Å²) in [5.74, 6) is -0.416. The number of carbonyl (C=O) groups is 1. The molecule has 0 saturated heterocycles. The Labute approximate surface area is 146 Å². The van der Waals surface area contributed by atoms with Crippen LogP contribution >= 0.6 is 11.6 Å². The summed E-state index contributed by atoms with van der Waals surface area (Å²) in [6.45, 7) is 6.74. The second-order valence-electron chi connectivity index (χ2n) is 5.52. The van der Waals surface area contributed by atoms with Gasteiger partial charge in [-0.2, -0.15) is 18.3 Å². The van der Waals surface area contributed by atoms with Gasteiger partial charge >= 0.3 is 6.18 Å². The first-order chi connectivity index (χ1) is 11.6. The number of alkyl halides is 3. The van der Waals surface area contributed by atoms with Crippen molar-refractivity contribution in [2.24, 2.45) is 0 Å². The molecule has 138 valence electrons. The van der Waals surface area contributed by atoms with E-state index in [1.165, 1.54) is 18.7 Å². The summed E-state index contributed by atoms with van der Waals surface area (Å²) in [5, 5.41) is 10.3. The molecule has 1 amide bonds. The average molecular weight is 380 g/mol. The van der Waals surface area contributed by atoms with E-state index >= 15 is 0 Å². The van der Waals surface area contributed by atoms with E-state index in [-0.39, 0.29) is 12.2 Å². The smallest absolute Gasteiger partial charge is 0.335 e. The van der Waals surface area contributed by atoms with Crippen LogP contribution in [-0.2, 0) is 17.5 Å². The summed E-state index contributed by atoms with van der Waals surface area (Å²) in [4.78, 5) is 14.1. The second kappa shape index (κ2) is 7.03. The third kappa shape index (κ3) is 3.78. The molecule has 0 bridgehead atoms. The first-order valence-electron chi connectivity index (χ1n) is 7.46. The van der Waals surface area contributed by atoms with Crippen molar-refractivity contribution in [3.8, 4) is 0 Å². The molecule has 0 aliphatic heterocycles. The molecule has 2 aromatic heterocycles. The highest BCUT2D eigenvalue weighted by atomic mass is 35.5. The van der Waals surface area contributed by atoms with Gasteiger partial charge in [-0.1, -0.05) is 21.9 Å². The highest BCUT2D eigenvalue weighted by Gasteiger charge is 2.39. The Balaban J connectivity index is 2.28. The Kier molecular flexibility index (Phi) is 5.40. The molecule has 11 heteroatoms. The van der Waals surface area contributed by atoms with Gasteiger partial charge in [-0.15, -0.1) is 0 Å². The Morgan fingerprint density at radius 2 is 2.00 bits per heavy atom. The minimum Gasteiger partial charge on any atom is -0.335 e. The van der Waals surface area contributed by atoms with Gasteiger partial charge in [0.15, 0.2) is 5.69 Å². The molecular weight excluding hydrogens is 363 g/mol. The normalized spacial score (nSPS) is 13.1. The van der Waals surface area contributed by atoms with Gasteiger partial charge in [-0.3, -0.25) is 9.48 Å². The van der Waals surface area contributed by atoms with Crippen LogP contribution in [0.5, 0.6) is 0 Å². The van der Waals surface area contributed by atoms with Crippen molar-refractivity contribution in [3.05, 3.63) is 27.8 Å².